The maximum absolute atomic E-state index is 12.3. The Bertz CT molecular complexity index is 611. The molecule has 0 aromatic heterocycles. The van der Waals surface area contributed by atoms with Gasteiger partial charge >= 0.3 is 12.1 Å². The molecule has 1 aromatic carbocycles. The third-order valence-electron chi connectivity index (χ3n) is 4.27. The van der Waals surface area contributed by atoms with Gasteiger partial charge in [0.2, 0.25) is 5.91 Å². The van der Waals surface area contributed by atoms with Crippen LogP contribution in [-0.2, 0) is 16.0 Å². The lowest BCUT2D eigenvalue weighted by molar-refractivity contribution is -0.173. The third kappa shape index (κ3) is 5.65. The van der Waals surface area contributed by atoms with E-state index < -0.39 is 12.1 Å². The van der Waals surface area contributed by atoms with Crippen LogP contribution in [0.25, 0.3) is 0 Å². The SMILES string of the molecule is COc1cccc(CC(=O)N2CCC(CNC(=O)C(F)(F)F)CC2)c1. The van der Waals surface area contributed by atoms with Crippen LogP contribution in [0.3, 0.4) is 0 Å². The maximum atomic E-state index is 12.3. The molecule has 1 aliphatic rings. The highest BCUT2D eigenvalue weighted by molar-refractivity contribution is 5.81. The van der Waals surface area contributed by atoms with Crippen LogP contribution in [0.15, 0.2) is 24.3 Å². The molecule has 1 aromatic rings. The van der Waals surface area contributed by atoms with Gasteiger partial charge in [-0.15, -0.1) is 0 Å². The van der Waals surface area contributed by atoms with E-state index in [1.54, 1.807) is 24.1 Å². The fourth-order valence-corrected chi connectivity index (χ4v) is 2.79. The lowest BCUT2D eigenvalue weighted by atomic mass is 9.96. The van der Waals surface area contributed by atoms with Crippen molar-refractivity contribution in [2.45, 2.75) is 25.4 Å². The van der Waals surface area contributed by atoms with Crippen molar-refractivity contribution >= 4 is 11.8 Å². The Morgan fingerprint density at radius 2 is 1.96 bits per heavy atom. The molecular formula is C17H21F3N2O3. The number of hydrogen-bond donors (Lipinski definition) is 1. The number of piperidine rings is 1. The van der Waals surface area contributed by atoms with Crippen molar-refractivity contribution in [2.75, 3.05) is 26.7 Å². The summed E-state index contributed by atoms with van der Waals surface area (Å²) in [4.78, 5) is 24.9. The largest absolute Gasteiger partial charge is 0.497 e. The Morgan fingerprint density at radius 1 is 1.28 bits per heavy atom. The molecule has 5 nitrogen and oxygen atoms in total. The van der Waals surface area contributed by atoms with Crippen molar-refractivity contribution in [2.24, 2.45) is 5.92 Å². The zero-order chi connectivity index (χ0) is 18.4. The van der Waals surface area contributed by atoms with Crippen molar-refractivity contribution in [3.8, 4) is 5.75 Å². The summed E-state index contributed by atoms with van der Waals surface area (Å²) >= 11 is 0. The lowest BCUT2D eigenvalue weighted by Crippen LogP contribution is -2.44. The Hall–Kier alpha value is -2.25. The van der Waals surface area contributed by atoms with Gasteiger partial charge in [-0.05, 0) is 36.5 Å². The van der Waals surface area contributed by atoms with Crippen LogP contribution in [0, 0.1) is 5.92 Å². The topological polar surface area (TPSA) is 58.6 Å². The van der Waals surface area contributed by atoms with Gasteiger partial charge in [-0.25, -0.2) is 0 Å². The van der Waals surface area contributed by atoms with Gasteiger partial charge in [-0.3, -0.25) is 9.59 Å². The minimum atomic E-state index is -4.85. The molecule has 2 rings (SSSR count). The number of methoxy groups -OCH3 is 1. The first-order valence-electron chi connectivity index (χ1n) is 8.05. The number of nitrogens with zero attached hydrogens (tertiary/aromatic N) is 1. The van der Waals surface area contributed by atoms with E-state index in [-0.39, 0.29) is 24.8 Å². The van der Waals surface area contributed by atoms with E-state index in [9.17, 15) is 22.8 Å². The molecule has 25 heavy (non-hydrogen) atoms. The number of likely N-dealkylation sites (tertiary alicyclic amines) is 1. The van der Waals surface area contributed by atoms with Gasteiger partial charge in [0.1, 0.15) is 5.75 Å². The number of amides is 2. The molecule has 8 heteroatoms. The minimum absolute atomic E-state index is 0.0176. The van der Waals surface area contributed by atoms with E-state index in [0.717, 1.165) is 5.56 Å². The summed E-state index contributed by atoms with van der Waals surface area (Å²) in [5.74, 6) is -1.30. The summed E-state index contributed by atoms with van der Waals surface area (Å²) in [6.07, 6.45) is -3.45. The van der Waals surface area contributed by atoms with Gasteiger partial charge in [-0.2, -0.15) is 13.2 Å². The van der Waals surface area contributed by atoms with Gasteiger partial charge in [0, 0.05) is 19.6 Å². The second kappa shape index (κ2) is 8.22. The molecule has 1 fully saturated rings. The van der Waals surface area contributed by atoms with E-state index in [0.29, 0.717) is 31.7 Å². The molecule has 0 spiro atoms. The maximum Gasteiger partial charge on any atom is 0.471 e. The van der Waals surface area contributed by atoms with Crippen molar-refractivity contribution in [1.29, 1.82) is 0 Å². The van der Waals surface area contributed by atoms with E-state index in [1.807, 2.05) is 17.4 Å². The first kappa shape index (κ1) is 19.1. The highest BCUT2D eigenvalue weighted by Gasteiger charge is 2.38. The molecule has 0 saturated carbocycles. The van der Waals surface area contributed by atoms with Gasteiger partial charge in [0.05, 0.1) is 13.5 Å². The molecule has 1 N–H and O–H groups in total. The summed E-state index contributed by atoms with van der Waals surface area (Å²) in [5.41, 5.74) is 0.851. The zero-order valence-electron chi connectivity index (χ0n) is 13.9. The normalized spacial score (nSPS) is 15.8. The predicted molar refractivity (Wildman–Crippen MR) is 85.1 cm³/mol. The van der Waals surface area contributed by atoms with Crippen molar-refractivity contribution in [3.05, 3.63) is 29.8 Å². The highest BCUT2D eigenvalue weighted by Crippen LogP contribution is 2.20. The van der Waals surface area contributed by atoms with Gasteiger partial charge in [-0.1, -0.05) is 12.1 Å². The summed E-state index contributed by atoms with van der Waals surface area (Å²) in [5, 5.41) is 1.91. The smallest absolute Gasteiger partial charge is 0.471 e. The Morgan fingerprint density at radius 3 is 2.56 bits per heavy atom. The van der Waals surface area contributed by atoms with Crippen LogP contribution in [-0.4, -0.2) is 49.6 Å². The summed E-state index contributed by atoms with van der Waals surface area (Å²) in [6.45, 7) is 0.945. The number of halogens is 3. The van der Waals surface area contributed by atoms with Crippen LogP contribution in [0.5, 0.6) is 5.75 Å². The number of ether oxygens (including phenoxy) is 1. The second-order valence-corrected chi connectivity index (χ2v) is 6.06. The third-order valence-corrected chi connectivity index (χ3v) is 4.27. The molecule has 1 heterocycles. The van der Waals surface area contributed by atoms with Gasteiger partial charge in [0.25, 0.3) is 0 Å². The van der Waals surface area contributed by atoms with E-state index >= 15 is 0 Å². The molecule has 0 atom stereocenters. The van der Waals surface area contributed by atoms with E-state index in [4.69, 9.17) is 4.74 Å². The number of nitrogens with one attached hydrogen (secondary N) is 1. The first-order valence-corrected chi connectivity index (χ1v) is 8.05. The van der Waals surface area contributed by atoms with Crippen LogP contribution >= 0.6 is 0 Å². The molecule has 0 aliphatic carbocycles. The number of alkyl halides is 3. The average molecular weight is 358 g/mol. The summed E-state index contributed by atoms with van der Waals surface area (Å²) in [7, 11) is 1.56. The van der Waals surface area contributed by atoms with Gasteiger partial charge in [0.15, 0.2) is 0 Å². The minimum Gasteiger partial charge on any atom is -0.497 e. The monoisotopic (exact) mass is 358 g/mol. The standard InChI is InChI=1S/C17H21F3N2O3/c1-25-14-4-2-3-13(9-14)10-15(23)22-7-5-12(6-8-22)11-21-16(24)17(18,19)20/h2-4,9,12H,5-8,10-11H2,1H3,(H,21,24). The number of hydrogen-bond acceptors (Lipinski definition) is 3. The predicted octanol–water partition coefficient (Wildman–Crippen LogP) is 2.15. The fraction of sp³-hybridized carbons (Fsp3) is 0.529. The summed E-state index contributed by atoms with van der Waals surface area (Å²) < 4.78 is 41.6. The van der Waals surface area contributed by atoms with Crippen molar-refractivity contribution < 1.29 is 27.5 Å². The quantitative estimate of drug-likeness (QED) is 0.878. The van der Waals surface area contributed by atoms with E-state index in [1.165, 1.54) is 0 Å². The Balaban J connectivity index is 1.77. The van der Waals surface area contributed by atoms with E-state index in [2.05, 4.69) is 0 Å². The first-order chi connectivity index (χ1) is 11.8. The molecule has 0 bridgehead atoms. The van der Waals surface area contributed by atoms with Gasteiger partial charge < -0.3 is 15.0 Å². The van der Waals surface area contributed by atoms with Crippen LogP contribution in [0.1, 0.15) is 18.4 Å². The number of carbonyl (C=O) groups excluding carboxylic acids is 2. The zero-order valence-corrected chi connectivity index (χ0v) is 13.9. The fourth-order valence-electron chi connectivity index (χ4n) is 2.79. The average Bonchev–Trinajstić information content (AvgIpc) is 2.59. The van der Waals surface area contributed by atoms with Crippen molar-refractivity contribution in [3.63, 3.8) is 0 Å². The molecule has 1 aliphatic heterocycles. The molecule has 2 amide bonds. The number of rotatable bonds is 5. The molecule has 138 valence electrons. The number of carbonyl (C=O) groups is 2. The Kier molecular flexibility index (Phi) is 6.27. The van der Waals surface area contributed by atoms with Crippen LogP contribution < -0.4 is 10.1 Å². The number of benzene rings is 1. The Labute approximate surface area is 144 Å². The van der Waals surface area contributed by atoms with Crippen LogP contribution in [0.2, 0.25) is 0 Å². The molecule has 0 unspecified atom stereocenters. The lowest BCUT2D eigenvalue weighted by Gasteiger charge is -2.32. The molecule has 1 saturated heterocycles. The highest BCUT2D eigenvalue weighted by atomic mass is 19.4. The van der Waals surface area contributed by atoms with Crippen molar-refractivity contribution in [1.82, 2.24) is 10.2 Å². The second-order valence-electron chi connectivity index (χ2n) is 6.06. The van der Waals surface area contributed by atoms with Crippen LogP contribution in [0.4, 0.5) is 13.2 Å². The summed E-state index contributed by atoms with van der Waals surface area (Å²) in [6, 6.07) is 7.27. The molecule has 0 radical (unpaired) electrons. The molecular weight excluding hydrogens is 337 g/mol.